The maximum absolute atomic E-state index is 10.8. The van der Waals surface area contributed by atoms with Crippen molar-refractivity contribution in [1.82, 2.24) is 4.90 Å². The number of piperidine rings is 1. The Kier molecular flexibility index (Phi) is 2.69. The van der Waals surface area contributed by atoms with Crippen LogP contribution in [0.3, 0.4) is 0 Å². The quantitative estimate of drug-likeness (QED) is 0.844. The zero-order valence-electron chi connectivity index (χ0n) is 10.2. The molecule has 2 fully saturated rings. The highest BCUT2D eigenvalue weighted by atomic mass is 16.5. The molecular weight excluding hydrogens is 214 g/mol. The van der Waals surface area contributed by atoms with Crippen molar-refractivity contribution < 1.29 is 9.84 Å². The molecule has 1 aromatic rings. The first kappa shape index (κ1) is 11.2. The topological polar surface area (TPSA) is 32.7 Å². The predicted octanol–water partition coefficient (Wildman–Crippen LogP) is 1.71. The molecule has 92 valence electrons. The van der Waals surface area contributed by atoms with Gasteiger partial charge in [0.2, 0.25) is 0 Å². The molecule has 3 heteroatoms. The number of hydrogen-bond donors (Lipinski definition) is 1. The zero-order chi connectivity index (χ0) is 11.9. The number of aliphatic hydroxyl groups is 1. The summed E-state index contributed by atoms with van der Waals surface area (Å²) in [5.74, 6) is 0. The Morgan fingerprint density at radius 2 is 2.12 bits per heavy atom. The number of fused-ring (bicyclic) bond motifs is 2. The van der Waals surface area contributed by atoms with E-state index in [1.54, 1.807) is 0 Å². The maximum Gasteiger partial charge on any atom is 0.144 e. The van der Waals surface area contributed by atoms with Crippen LogP contribution < -0.4 is 0 Å². The van der Waals surface area contributed by atoms with Crippen LogP contribution in [-0.2, 0) is 10.3 Å². The molecule has 1 aromatic carbocycles. The average Bonchev–Trinajstić information content (AvgIpc) is 2.66. The lowest BCUT2D eigenvalue weighted by Gasteiger charge is -2.35. The van der Waals surface area contributed by atoms with Gasteiger partial charge in [0.25, 0.3) is 0 Å². The monoisotopic (exact) mass is 233 g/mol. The maximum atomic E-state index is 10.8. The largest absolute Gasteiger partial charge is 0.381 e. The van der Waals surface area contributed by atoms with E-state index in [1.807, 2.05) is 37.3 Å². The zero-order valence-corrected chi connectivity index (χ0v) is 10.2. The molecule has 2 heterocycles. The third-order valence-corrected chi connectivity index (χ3v) is 3.90. The smallest absolute Gasteiger partial charge is 0.144 e. The molecular formula is C14H19NO2. The molecule has 3 nitrogen and oxygen atoms in total. The Hall–Kier alpha value is -0.900. The van der Waals surface area contributed by atoms with Crippen molar-refractivity contribution in [1.29, 1.82) is 0 Å². The van der Waals surface area contributed by atoms with E-state index in [2.05, 4.69) is 4.90 Å². The molecule has 2 saturated heterocycles. The Labute approximate surface area is 102 Å². The molecule has 0 spiro atoms. The fourth-order valence-electron chi connectivity index (χ4n) is 2.96. The molecule has 1 unspecified atom stereocenters. The third-order valence-electron chi connectivity index (χ3n) is 3.90. The van der Waals surface area contributed by atoms with E-state index in [0.717, 1.165) is 25.1 Å². The normalized spacial score (nSPS) is 35.5. The second-order valence-electron chi connectivity index (χ2n) is 5.26. The van der Waals surface area contributed by atoms with Gasteiger partial charge in [-0.2, -0.15) is 0 Å². The number of benzene rings is 1. The van der Waals surface area contributed by atoms with Crippen LogP contribution in [0.4, 0.5) is 0 Å². The molecule has 2 aliphatic heterocycles. The van der Waals surface area contributed by atoms with E-state index >= 15 is 0 Å². The number of nitrogens with zero attached hydrogens (tertiary/aromatic N) is 1. The summed E-state index contributed by atoms with van der Waals surface area (Å²) in [6.07, 6.45) is 2.41. The molecule has 0 amide bonds. The fourth-order valence-corrected chi connectivity index (χ4v) is 2.96. The molecule has 2 bridgehead atoms. The van der Waals surface area contributed by atoms with Crippen molar-refractivity contribution >= 4 is 0 Å². The van der Waals surface area contributed by atoms with Crippen LogP contribution in [0, 0.1) is 0 Å². The van der Waals surface area contributed by atoms with Crippen molar-refractivity contribution in [3.63, 3.8) is 0 Å². The summed E-state index contributed by atoms with van der Waals surface area (Å²) in [5.41, 5.74) is -0.00192. The van der Waals surface area contributed by atoms with Crippen LogP contribution >= 0.6 is 0 Å². The first-order chi connectivity index (χ1) is 8.18. The fraction of sp³-hybridized carbons (Fsp3) is 0.571. The van der Waals surface area contributed by atoms with E-state index in [1.165, 1.54) is 6.42 Å². The Bertz CT molecular complexity index is 390. The van der Waals surface area contributed by atoms with E-state index in [4.69, 9.17) is 4.74 Å². The summed E-state index contributed by atoms with van der Waals surface area (Å²) in [6.45, 7) is 3.85. The van der Waals surface area contributed by atoms with Gasteiger partial charge in [0, 0.05) is 13.1 Å². The molecule has 1 N–H and O–H groups in total. The summed E-state index contributed by atoms with van der Waals surface area (Å²) in [5, 5.41) is 10.8. The van der Waals surface area contributed by atoms with Gasteiger partial charge in [-0.25, -0.2) is 0 Å². The first-order valence-corrected chi connectivity index (χ1v) is 6.35. The van der Waals surface area contributed by atoms with Gasteiger partial charge in [0.1, 0.15) is 11.8 Å². The van der Waals surface area contributed by atoms with Gasteiger partial charge in [-0.15, -0.1) is 0 Å². The highest BCUT2D eigenvalue weighted by Gasteiger charge is 2.46. The molecule has 4 atom stereocenters. The van der Waals surface area contributed by atoms with Gasteiger partial charge in [0.05, 0.1) is 6.10 Å². The summed E-state index contributed by atoms with van der Waals surface area (Å²) in [4.78, 5) is 2.27. The summed E-state index contributed by atoms with van der Waals surface area (Å²) >= 11 is 0. The van der Waals surface area contributed by atoms with Crippen LogP contribution in [0.5, 0.6) is 0 Å². The van der Waals surface area contributed by atoms with Crippen LogP contribution in [-0.4, -0.2) is 35.4 Å². The highest BCUT2D eigenvalue weighted by molar-refractivity contribution is 5.23. The molecule has 3 rings (SSSR count). The lowest BCUT2D eigenvalue weighted by atomic mass is 9.93. The van der Waals surface area contributed by atoms with E-state index < -0.39 is 5.60 Å². The van der Waals surface area contributed by atoms with Crippen LogP contribution in [0.1, 0.15) is 25.3 Å². The number of ether oxygens (including phenoxy) is 1. The van der Waals surface area contributed by atoms with Crippen molar-refractivity contribution in [3.05, 3.63) is 35.9 Å². The van der Waals surface area contributed by atoms with Crippen molar-refractivity contribution in [3.8, 4) is 0 Å². The van der Waals surface area contributed by atoms with Crippen molar-refractivity contribution in [2.75, 3.05) is 13.1 Å². The Morgan fingerprint density at radius 3 is 2.82 bits per heavy atom. The SMILES string of the molecule is C[C@@](O)(c1ccccc1)[C@H]1O[C@@H]2CCCN1C2. The molecule has 2 aliphatic rings. The molecule has 17 heavy (non-hydrogen) atoms. The number of hydrogen-bond acceptors (Lipinski definition) is 3. The molecule has 0 aromatic heterocycles. The van der Waals surface area contributed by atoms with Gasteiger partial charge in [-0.05, 0) is 25.3 Å². The summed E-state index contributed by atoms with van der Waals surface area (Å²) < 4.78 is 5.98. The van der Waals surface area contributed by atoms with Crippen molar-refractivity contribution in [2.24, 2.45) is 0 Å². The van der Waals surface area contributed by atoms with E-state index in [-0.39, 0.29) is 6.23 Å². The minimum atomic E-state index is -0.930. The van der Waals surface area contributed by atoms with E-state index in [9.17, 15) is 5.11 Å². The minimum absolute atomic E-state index is 0.197. The minimum Gasteiger partial charge on any atom is -0.381 e. The van der Waals surface area contributed by atoms with Gasteiger partial charge in [-0.1, -0.05) is 30.3 Å². The van der Waals surface area contributed by atoms with Crippen LogP contribution in [0.2, 0.25) is 0 Å². The van der Waals surface area contributed by atoms with E-state index in [0.29, 0.717) is 6.10 Å². The van der Waals surface area contributed by atoms with Crippen LogP contribution in [0.25, 0.3) is 0 Å². The number of rotatable bonds is 2. The molecule has 0 saturated carbocycles. The Balaban J connectivity index is 1.88. The first-order valence-electron chi connectivity index (χ1n) is 6.35. The second-order valence-corrected chi connectivity index (χ2v) is 5.26. The van der Waals surface area contributed by atoms with Gasteiger partial charge in [0.15, 0.2) is 0 Å². The predicted molar refractivity (Wildman–Crippen MR) is 65.5 cm³/mol. The lowest BCUT2D eigenvalue weighted by Crippen LogP contribution is -2.46. The van der Waals surface area contributed by atoms with Crippen LogP contribution in [0.15, 0.2) is 30.3 Å². The van der Waals surface area contributed by atoms with Gasteiger partial charge >= 0.3 is 0 Å². The Morgan fingerprint density at radius 1 is 1.35 bits per heavy atom. The third kappa shape index (κ3) is 1.88. The average molecular weight is 233 g/mol. The standard InChI is InChI=1S/C14H19NO2/c1-14(16,11-6-3-2-4-7-11)13-15-9-5-8-12(10-15)17-13/h2-4,6-7,12-13,16H,5,8-10H2,1H3/t12-,13-,14-/m1/s1. The van der Waals surface area contributed by atoms with Crippen molar-refractivity contribution in [2.45, 2.75) is 37.7 Å². The lowest BCUT2D eigenvalue weighted by molar-refractivity contribution is -0.134. The van der Waals surface area contributed by atoms with Gasteiger partial charge < -0.3 is 9.84 Å². The summed E-state index contributed by atoms with van der Waals surface area (Å²) in [7, 11) is 0. The molecule has 0 radical (unpaired) electrons. The highest BCUT2D eigenvalue weighted by Crippen LogP contribution is 2.36. The molecule has 0 aliphatic carbocycles. The van der Waals surface area contributed by atoms with Gasteiger partial charge in [-0.3, -0.25) is 4.90 Å². The second kappa shape index (κ2) is 4.09. The summed E-state index contributed by atoms with van der Waals surface area (Å²) in [6, 6.07) is 9.81.